The number of benzene rings is 2. The summed E-state index contributed by atoms with van der Waals surface area (Å²) in [5, 5.41) is 2.94. The van der Waals surface area contributed by atoms with Gasteiger partial charge in [0.1, 0.15) is 0 Å². The van der Waals surface area contributed by atoms with Crippen LogP contribution in [-0.2, 0) is 6.42 Å². The van der Waals surface area contributed by atoms with Crippen LogP contribution in [0.5, 0.6) is 0 Å². The fraction of sp³-hybridized carbons (Fsp3) is 0.188. The van der Waals surface area contributed by atoms with Gasteiger partial charge in [0.25, 0.3) is 5.91 Å². The molecule has 20 heavy (non-hydrogen) atoms. The van der Waals surface area contributed by atoms with Gasteiger partial charge in [0.05, 0.1) is 0 Å². The van der Waals surface area contributed by atoms with Gasteiger partial charge in [0.15, 0.2) is 0 Å². The number of carbonyl (C=O) groups excluding carboxylic acids is 1. The van der Waals surface area contributed by atoms with E-state index in [1.54, 1.807) is 0 Å². The number of halogens is 2. The zero-order valence-electron chi connectivity index (χ0n) is 11.1. The van der Waals surface area contributed by atoms with Crippen molar-refractivity contribution in [3.63, 3.8) is 0 Å². The molecule has 104 valence electrons. The molecule has 0 aromatic heterocycles. The lowest BCUT2D eigenvalue weighted by Gasteiger charge is -2.07. The van der Waals surface area contributed by atoms with Crippen LogP contribution in [-0.4, -0.2) is 12.5 Å². The maximum absolute atomic E-state index is 12.1. The van der Waals surface area contributed by atoms with Crippen molar-refractivity contribution >= 4 is 37.8 Å². The zero-order chi connectivity index (χ0) is 14.5. The molecule has 0 radical (unpaired) electrons. The molecule has 0 spiro atoms. The Kier molecular flexibility index (Phi) is 5.38. The van der Waals surface area contributed by atoms with E-state index in [0.29, 0.717) is 12.1 Å². The van der Waals surface area contributed by atoms with E-state index in [1.807, 2.05) is 24.3 Å². The molecule has 0 aliphatic heterocycles. The molecule has 0 bridgehead atoms. The maximum atomic E-state index is 12.1. The Morgan fingerprint density at radius 2 is 1.80 bits per heavy atom. The summed E-state index contributed by atoms with van der Waals surface area (Å²) in [4.78, 5) is 12.1. The van der Waals surface area contributed by atoms with Crippen molar-refractivity contribution in [2.45, 2.75) is 13.3 Å². The number of amides is 1. The number of nitrogens with one attached hydrogen (secondary N) is 1. The van der Waals surface area contributed by atoms with E-state index in [-0.39, 0.29) is 5.91 Å². The van der Waals surface area contributed by atoms with E-state index in [1.165, 1.54) is 11.1 Å². The third-order valence-electron chi connectivity index (χ3n) is 2.91. The lowest BCUT2D eigenvalue weighted by molar-refractivity contribution is 0.0954. The number of carbonyl (C=O) groups is 1. The van der Waals surface area contributed by atoms with Crippen LogP contribution < -0.4 is 5.32 Å². The molecule has 2 rings (SSSR count). The summed E-state index contributed by atoms with van der Waals surface area (Å²) in [7, 11) is 0. The minimum atomic E-state index is -0.0559. The summed E-state index contributed by atoms with van der Waals surface area (Å²) in [5.74, 6) is -0.0559. The SMILES string of the molecule is Cc1cccc(CCNC(=O)c2cc(Br)cc(Br)c2)c1. The number of rotatable bonds is 4. The van der Waals surface area contributed by atoms with Crippen LogP contribution in [0.4, 0.5) is 0 Å². The molecule has 0 saturated carbocycles. The first kappa shape index (κ1) is 15.3. The number of hydrogen-bond acceptors (Lipinski definition) is 1. The Labute approximate surface area is 135 Å². The molecule has 1 amide bonds. The first-order valence-corrected chi connectivity index (χ1v) is 7.93. The van der Waals surface area contributed by atoms with Crippen molar-refractivity contribution in [3.8, 4) is 0 Å². The highest BCUT2D eigenvalue weighted by atomic mass is 79.9. The molecule has 0 aliphatic carbocycles. The lowest BCUT2D eigenvalue weighted by atomic mass is 10.1. The zero-order valence-corrected chi connectivity index (χ0v) is 14.3. The second-order valence-electron chi connectivity index (χ2n) is 4.65. The molecule has 0 aliphatic rings. The normalized spacial score (nSPS) is 10.3. The van der Waals surface area contributed by atoms with Gasteiger partial charge in [-0.3, -0.25) is 4.79 Å². The van der Waals surface area contributed by atoms with Crippen molar-refractivity contribution in [3.05, 3.63) is 68.1 Å². The first-order valence-electron chi connectivity index (χ1n) is 6.34. The van der Waals surface area contributed by atoms with Crippen molar-refractivity contribution in [1.82, 2.24) is 5.32 Å². The third-order valence-corrected chi connectivity index (χ3v) is 3.82. The molecule has 2 nitrogen and oxygen atoms in total. The van der Waals surface area contributed by atoms with Crippen LogP contribution in [0.15, 0.2) is 51.4 Å². The summed E-state index contributed by atoms with van der Waals surface area (Å²) in [6.07, 6.45) is 0.836. The highest BCUT2D eigenvalue weighted by Crippen LogP contribution is 2.20. The Morgan fingerprint density at radius 3 is 2.45 bits per heavy atom. The van der Waals surface area contributed by atoms with Gasteiger partial charge in [-0.25, -0.2) is 0 Å². The largest absolute Gasteiger partial charge is 0.352 e. The highest BCUT2D eigenvalue weighted by molar-refractivity contribution is 9.11. The van der Waals surface area contributed by atoms with Crippen LogP contribution in [0.3, 0.4) is 0 Å². The number of hydrogen-bond donors (Lipinski definition) is 1. The van der Waals surface area contributed by atoms with Gasteiger partial charge in [-0.1, -0.05) is 61.7 Å². The third kappa shape index (κ3) is 4.46. The van der Waals surface area contributed by atoms with Crippen LogP contribution in [0, 0.1) is 6.92 Å². The van der Waals surface area contributed by atoms with Crippen molar-refractivity contribution in [2.75, 3.05) is 6.54 Å². The Morgan fingerprint density at radius 1 is 1.10 bits per heavy atom. The van der Waals surface area contributed by atoms with E-state index in [4.69, 9.17) is 0 Å². The van der Waals surface area contributed by atoms with Crippen LogP contribution in [0.1, 0.15) is 21.5 Å². The molecular weight excluding hydrogens is 382 g/mol. The molecule has 2 aromatic carbocycles. The number of aryl methyl sites for hydroxylation is 1. The monoisotopic (exact) mass is 395 g/mol. The van der Waals surface area contributed by atoms with Crippen molar-refractivity contribution < 1.29 is 4.79 Å². The summed E-state index contributed by atoms with van der Waals surface area (Å²) < 4.78 is 1.77. The van der Waals surface area contributed by atoms with E-state index in [9.17, 15) is 4.79 Å². The summed E-state index contributed by atoms with van der Waals surface area (Å²) in [6, 6.07) is 13.9. The second kappa shape index (κ2) is 7.04. The first-order chi connectivity index (χ1) is 9.54. The molecule has 2 aromatic rings. The molecule has 0 fully saturated rings. The fourth-order valence-corrected chi connectivity index (χ4v) is 3.27. The lowest BCUT2D eigenvalue weighted by Crippen LogP contribution is -2.25. The molecule has 0 saturated heterocycles. The van der Waals surface area contributed by atoms with E-state index in [2.05, 4.69) is 62.3 Å². The van der Waals surface area contributed by atoms with E-state index < -0.39 is 0 Å². The smallest absolute Gasteiger partial charge is 0.251 e. The van der Waals surface area contributed by atoms with Crippen LogP contribution in [0.2, 0.25) is 0 Å². The van der Waals surface area contributed by atoms with Crippen LogP contribution in [0.25, 0.3) is 0 Å². The highest BCUT2D eigenvalue weighted by Gasteiger charge is 2.07. The Hall–Kier alpha value is -1.13. The standard InChI is InChI=1S/C16H15Br2NO/c1-11-3-2-4-12(7-11)5-6-19-16(20)13-8-14(17)10-15(18)9-13/h2-4,7-10H,5-6H2,1H3,(H,19,20). The minimum absolute atomic E-state index is 0.0559. The van der Waals surface area contributed by atoms with Crippen molar-refractivity contribution in [1.29, 1.82) is 0 Å². The predicted molar refractivity (Wildman–Crippen MR) is 89.1 cm³/mol. The molecule has 0 unspecified atom stereocenters. The molecular formula is C16H15Br2NO. The van der Waals surface area contributed by atoms with Crippen LogP contribution >= 0.6 is 31.9 Å². The van der Waals surface area contributed by atoms with Gasteiger partial charge < -0.3 is 5.32 Å². The predicted octanol–water partition coefficient (Wildman–Crippen LogP) is 4.49. The van der Waals surface area contributed by atoms with Gasteiger partial charge in [-0.2, -0.15) is 0 Å². The second-order valence-corrected chi connectivity index (χ2v) is 6.48. The molecule has 1 N–H and O–H groups in total. The minimum Gasteiger partial charge on any atom is -0.352 e. The Bertz CT molecular complexity index is 605. The van der Waals surface area contributed by atoms with Gasteiger partial charge >= 0.3 is 0 Å². The van der Waals surface area contributed by atoms with Gasteiger partial charge in [0.2, 0.25) is 0 Å². The van der Waals surface area contributed by atoms with Gasteiger partial charge in [-0.05, 0) is 37.1 Å². The summed E-state index contributed by atoms with van der Waals surface area (Å²) >= 11 is 6.77. The van der Waals surface area contributed by atoms with Gasteiger partial charge in [-0.15, -0.1) is 0 Å². The Balaban J connectivity index is 1.92. The average molecular weight is 397 g/mol. The van der Waals surface area contributed by atoms with Gasteiger partial charge in [0, 0.05) is 21.1 Å². The topological polar surface area (TPSA) is 29.1 Å². The van der Waals surface area contributed by atoms with Crippen molar-refractivity contribution in [2.24, 2.45) is 0 Å². The molecule has 0 atom stereocenters. The van der Waals surface area contributed by atoms with E-state index >= 15 is 0 Å². The fourth-order valence-electron chi connectivity index (χ4n) is 1.98. The average Bonchev–Trinajstić information content (AvgIpc) is 2.37. The quantitative estimate of drug-likeness (QED) is 0.810. The summed E-state index contributed by atoms with van der Waals surface area (Å²) in [5.41, 5.74) is 3.13. The summed E-state index contributed by atoms with van der Waals surface area (Å²) in [6.45, 7) is 2.70. The molecule has 4 heteroatoms. The maximum Gasteiger partial charge on any atom is 0.251 e. The van der Waals surface area contributed by atoms with E-state index in [0.717, 1.165) is 15.4 Å². The molecule has 0 heterocycles.